The molecule has 1 amide bonds. The van der Waals surface area contributed by atoms with E-state index in [0.717, 1.165) is 34.3 Å². The molecule has 0 aliphatic heterocycles. The number of amides is 1. The van der Waals surface area contributed by atoms with Gasteiger partial charge in [0, 0.05) is 41.3 Å². The van der Waals surface area contributed by atoms with Crippen LogP contribution in [-0.2, 0) is 0 Å². The minimum atomic E-state index is -0.226. The molecule has 0 saturated heterocycles. The zero-order valence-electron chi connectivity index (χ0n) is 17.6. The number of aryl methyl sites for hydroxylation is 1. The van der Waals surface area contributed by atoms with Crippen LogP contribution in [0.4, 0.5) is 11.4 Å². The van der Waals surface area contributed by atoms with Gasteiger partial charge in [-0.1, -0.05) is 0 Å². The van der Waals surface area contributed by atoms with Gasteiger partial charge in [0.05, 0.1) is 11.3 Å². The van der Waals surface area contributed by atoms with E-state index in [1.54, 1.807) is 17.1 Å². The Bertz CT molecular complexity index is 1230. The molecule has 0 aliphatic carbocycles. The fourth-order valence-electron chi connectivity index (χ4n) is 3.43. The number of nitrogens with zero attached hydrogens (tertiary/aromatic N) is 5. The molecule has 1 N–H and O–H groups in total. The first-order valence-electron chi connectivity index (χ1n) is 10.1. The second-order valence-electron chi connectivity index (χ2n) is 7.18. The minimum absolute atomic E-state index is 0.226. The van der Waals surface area contributed by atoms with Crippen molar-refractivity contribution in [2.24, 2.45) is 0 Å². The number of hydrogen-bond acceptors (Lipinski definition) is 5. The number of nitrogens with one attached hydrogen (secondary N) is 1. The number of pyridine rings is 1. The molecule has 2 heterocycles. The van der Waals surface area contributed by atoms with E-state index < -0.39 is 0 Å². The Hall–Kier alpha value is -3.26. The molecule has 0 atom stereocenters. The molecule has 0 spiro atoms. The lowest BCUT2D eigenvalue weighted by atomic mass is 10.1. The van der Waals surface area contributed by atoms with Crippen LogP contribution in [0.1, 0.15) is 29.8 Å². The normalized spacial score (nSPS) is 11.0. The van der Waals surface area contributed by atoms with Crippen LogP contribution in [0.25, 0.3) is 16.7 Å². The summed E-state index contributed by atoms with van der Waals surface area (Å²) in [5.41, 5.74) is 5.62. The quantitative estimate of drug-likeness (QED) is 0.422. The molecule has 4 aromatic rings. The summed E-state index contributed by atoms with van der Waals surface area (Å²) in [6.07, 6.45) is 3.17. The highest BCUT2D eigenvalue weighted by molar-refractivity contribution is 9.10. The molecule has 0 fully saturated rings. The van der Waals surface area contributed by atoms with Crippen molar-refractivity contribution >= 4 is 44.2 Å². The lowest BCUT2D eigenvalue weighted by Crippen LogP contribution is -2.21. The van der Waals surface area contributed by atoms with Gasteiger partial charge in [-0.05, 0) is 84.7 Å². The van der Waals surface area contributed by atoms with Gasteiger partial charge in [0.15, 0.2) is 0 Å². The number of rotatable bonds is 6. The monoisotopic (exact) mass is 478 g/mol. The Kier molecular flexibility index (Phi) is 5.99. The molecule has 0 unspecified atom stereocenters. The summed E-state index contributed by atoms with van der Waals surface area (Å²) in [5, 5.41) is 12.2. The van der Waals surface area contributed by atoms with Crippen molar-refractivity contribution in [2.45, 2.75) is 20.8 Å². The summed E-state index contributed by atoms with van der Waals surface area (Å²) in [6.45, 7) is 8.15. The molecular formula is C23H23BrN6O. The van der Waals surface area contributed by atoms with Crippen LogP contribution in [0.2, 0.25) is 0 Å². The average Bonchev–Trinajstić information content (AvgIpc) is 3.18. The van der Waals surface area contributed by atoms with E-state index in [4.69, 9.17) is 0 Å². The summed E-state index contributed by atoms with van der Waals surface area (Å²) >= 11 is 3.34. The van der Waals surface area contributed by atoms with E-state index in [0.29, 0.717) is 16.8 Å². The maximum Gasteiger partial charge on any atom is 0.257 e. The topological polar surface area (TPSA) is 75.9 Å². The zero-order chi connectivity index (χ0) is 22.0. The molecule has 8 heteroatoms. The molecule has 2 aromatic carbocycles. The standard InChI is InChI=1S/C23H23BrN6O/c1-4-29(5-2)18-6-8-19(9-7-18)30-27-21-10-15(3)20(12-22(21)28-30)26-23(31)16-11-17(24)14-25-13-16/h6-14H,4-5H2,1-3H3,(H,26,31). The van der Waals surface area contributed by atoms with Gasteiger partial charge in [0.1, 0.15) is 11.0 Å². The van der Waals surface area contributed by atoms with Gasteiger partial charge in [-0.2, -0.15) is 4.80 Å². The third kappa shape index (κ3) is 4.44. The first-order chi connectivity index (χ1) is 15.0. The van der Waals surface area contributed by atoms with Crippen molar-refractivity contribution < 1.29 is 4.79 Å². The number of aromatic nitrogens is 4. The Balaban J connectivity index is 1.61. The van der Waals surface area contributed by atoms with Crippen molar-refractivity contribution in [3.63, 3.8) is 0 Å². The van der Waals surface area contributed by atoms with Crippen LogP contribution in [0.15, 0.2) is 59.3 Å². The molecule has 0 aliphatic rings. The third-order valence-corrected chi connectivity index (χ3v) is 5.58. The van der Waals surface area contributed by atoms with Gasteiger partial charge in [-0.3, -0.25) is 9.78 Å². The molecular weight excluding hydrogens is 456 g/mol. The highest BCUT2D eigenvalue weighted by Crippen LogP contribution is 2.24. The van der Waals surface area contributed by atoms with Crippen LogP contribution < -0.4 is 10.2 Å². The molecule has 0 bridgehead atoms. The second kappa shape index (κ2) is 8.85. The molecule has 2 aromatic heterocycles. The summed E-state index contributed by atoms with van der Waals surface area (Å²) in [7, 11) is 0. The average molecular weight is 479 g/mol. The Morgan fingerprint density at radius 3 is 2.35 bits per heavy atom. The van der Waals surface area contributed by atoms with Gasteiger partial charge in [-0.15, -0.1) is 10.2 Å². The summed E-state index contributed by atoms with van der Waals surface area (Å²) in [6, 6.07) is 13.7. The molecule has 0 radical (unpaired) electrons. The number of anilines is 2. The van der Waals surface area contributed by atoms with E-state index in [2.05, 4.69) is 67.3 Å². The van der Waals surface area contributed by atoms with Crippen LogP contribution in [0, 0.1) is 6.92 Å². The first kappa shape index (κ1) is 21.0. The fraction of sp³-hybridized carbons (Fsp3) is 0.217. The van der Waals surface area contributed by atoms with Gasteiger partial charge in [0.2, 0.25) is 0 Å². The molecule has 0 saturated carbocycles. The molecule has 158 valence electrons. The van der Waals surface area contributed by atoms with Crippen molar-refractivity contribution in [1.82, 2.24) is 20.0 Å². The highest BCUT2D eigenvalue weighted by atomic mass is 79.9. The van der Waals surface area contributed by atoms with Crippen LogP contribution in [-0.4, -0.2) is 39.0 Å². The highest BCUT2D eigenvalue weighted by Gasteiger charge is 2.13. The largest absolute Gasteiger partial charge is 0.372 e. The van der Waals surface area contributed by atoms with Gasteiger partial charge in [-0.25, -0.2) is 0 Å². The number of carbonyl (C=O) groups is 1. The Morgan fingerprint density at radius 1 is 1.03 bits per heavy atom. The van der Waals surface area contributed by atoms with E-state index in [9.17, 15) is 4.79 Å². The van der Waals surface area contributed by atoms with Gasteiger partial charge >= 0.3 is 0 Å². The molecule has 7 nitrogen and oxygen atoms in total. The summed E-state index contributed by atoms with van der Waals surface area (Å²) < 4.78 is 0.752. The summed E-state index contributed by atoms with van der Waals surface area (Å²) in [4.78, 5) is 20.6. The van der Waals surface area contributed by atoms with Gasteiger partial charge < -0.3 is 10.2 Å². The number of fused-ring (bicyclic) bond motifs is 1. The summed E-state index contributed by atoms with van der Waals surface area (Å²) in [5.74, 6) is -0.226. The second-order valence-corrected chi connectivity index (χ2v) is 8.10. The van der Waals surface area contributed by atoms with Crippen molar-refractivity contribution in [1.29, 1.82) is 0 Å². The van der Waals surface area contributed by atoms with E-state index in [-0.39, 0.29) is 5.91 Å². The lowest BCUT2D eigenvalue weighted by molar-refractivity contribution is 0.102. The maximum atomic E-state index is 12.6. The van der Waals surface area contributed by atoms with E-state index in [1.165, 1.54) is 11.9 Å². The van der Waals surface area contributed by atoms with E-state index >= 15 is 0 Å². The SMILES string of the molecule is CCN(CC)c1ccc(-n2nc3cc(C)c(NC(=O)c4cncc(Br)c4)cc3n2)cc1. The van der Waals surface area contributed by atoms with Crippen LogP contribution in [0.5, 0.6) is 0 Å². The number of benzene rings is 2. The minimum Gasteiger partial charge on any atom is -0.372 e. The first-order valence-corrected chi connectivity index (χ1v) is 10.9. The number of halogens is 1. The third-order valence-electron chi connectivity index (χ3n) is 5.15. The molecule has 4 rings (SSSR count). The predicted octanol–water partition coefficient (Wildman–Crippen LogP) is 4.98. The number of carbonyl (C=O) groups excluding carboxylic acids is 1. The maximum absolute atomic E-state index is 12.6. The smallest absolute Gasteiger partial charge is 0.257 e. The number of hydrogen-bond donors (Lipinski definition) is 1. The van der Waals surface area contributed by atoms with Crippen molar-refractivity contribution in [3.8, 4) is 5.69 Å². The molecule has 31 heavy (non-hydrogen) atoms. The van der Waals surface area contributed by atoms with Crippen LogP contribution >= 0.6 is 15.9 Å². The van der Waals surface area contributed by atoms with Crippen molar-refractivity contribution in [3.05, 3.63) is 70.5 Å². The lowest BCUT2D eigenvalue weighted by Gasteiger charge is -2.20. The Labute approximate surface area is 189 Å². The fourth-order valence-corrected chi connectivity index (χ4v) is 3.80. The van der Waals surface area contributed by atoms with Crippen LogP contribution in [0.3, 0.4) is 0 Å². The van der Waals surface area contributed by atoms with E-state index in [1.807, 2.05) is 31.2 Å². The predicted molar refractivity (Wildman–Crippen MR) is 127 cm³/mol. The zero-order valence-corrected chi connectivity index (χ0v) is 19.2. The van der Waals surface area contributed by atoms with Gasteiger partial charge in [0.25, 0.3) is 5.91 Å². The van der Waals surface area contributed by atoms with Crippen molar-refractivity contribution in [2.75, 3.05) is 23.3 Å². The Morgan fingerprint density at radius 2 is 1.71 bits per heavy atom.